The summed E-state index contributed by atoms with van der Waals surface area (Å²) in [4.78, 5) is 3.95. The largest absolute Gasteiger partial charge is 0.324 e. The molecule has 0 spiro atoms. The van der Waals surface area contributed by atoms with Gasteiger partial charge >= 0.3 is 0 Å². The molecule has 0 aliphatic rings. The third kappa shape index (κ3) is 3.12. The number of hydrogen-bond acceptors (Lipinski definition) is 2. The van der Waals surface area contributed by atoms with E-state index < -0.39 is 0 Å². The molecule has 0 bridgehead atoms. The van der Waals surface area contributed by atoms with Crippen molar-refractivity contribution in [3.8, 4) is 0 Å². The number of rotatable bonds is 3. The van der Waals surface area contributed by atoms with E-state index in [1.54, 1.807) is 6.07 Å². The molecular weight excluding hydrogens is 219 g/mol. The van der Waals surface area contributed by atoms with Crippen LogP contribution in [0.5, 0.6) is 0 Å². The zero-order chi connectivity index (χ0) is 10.7. The molecule has 78 valence electrons. The minimum Gasteiger partial charge on any atom is -0.324 e. The van der Waals surface area contributed by atoms with E-state index in [2.05, 4.69) is 18.8 Å². The quantitative estimate of drug-likeness (QED) is 0.812. The number of nitrogens with two attached hydrogens (primary N) is 1. The summed E-state index contributed by atoms with van der Waals surface area (Å²) < 4.78 is 0. The van der Waals surface area contributed by atoms with Gasteiger partial charge in [0, 0.05) is 11.6 Å². The summed E-state index contributed by atoms with van der Waals surface area (Å²) in [6.07, 6.45) is 0.892. The molecule has 0 amide bonds. The molecule has 0 aliphatic heterocycles. The highest BCUT2D eigenvalue weighted by molar-refractivity contribution is 6.32. The maximum absolute atomic E-state index is 5.98. The highest BCUT2D eigenvalue weighted by Gasteiger charge is 2.12. The zero-order valence-corrected chi connectivity index (χ0v) is 9.81. The summed E-state index contributed by atoms with van der Waals surface area (Å²) in [5.74, 6) is 0.539. The second-order valence-corrected chi connectivity index (χ2v) is 4.50. The molecule has 0 unspecified atom stereocenters. The first-order valence-corrected chi connectivity index (χ1v) is 5.33. The Kier molecular flexibility index (Phi) is 4.17. The normalized spacial score (nSPS) is 13.3. The first kappa shape index (κ1) is 11.8. The van der Waals surface area contributed by atoms with Crippen molar-refractivity contribution in [1.29, 1.82) is 0 Å². The predicted molar refractivity (Wildman–Crippen MR) is 60.6 cm³/mol. The summed E-state index contributed by atoms with van der Waals surface area (Å²) in [5.41, 5.74) is 6.84. The Morgan fingerprint density at radius 1 is 1.36 bits per heavy atom. The summed E-state index contributed by atoms with van der Waals surface area (Å²) in [5, 5.41) is 0.807. The number of halogens is 2. The predicted octanol–water partition coefficient (Wildman–Crippen LogP) is 3.43. The van der Waals surface area contributed by atoms with Gasteiger partial charge in [-0.1, -0.05) is 43.1 Å². The fourth-order valence-electron chi connectivity index (χ4n) is 1.33. The summed E-state index contributed by atoms with van der Waals surface area (Å²) in [7, 11) is 0. The number of nitrogens with zero attached hydrogens (tertiary/aromatic N) is 1. The lowest BCUT2D eigenvalue weighted by atomic mass is 9.99. The fraction of sp³-hybridized carbons (Fsp3) is 0.500. The fourth-order valence-corrected chi connectivity index (χ4v) is 1.82. The second-order valence-electron chi connectivity index (χ2n) is 3.75. The van der Waals surface area contributed by atoms with E-state index in [1.807, 2.05) is 6.07 Å². The minimum absolute atomic E-state index is 0.0627. The number of pyridine rings is 1. The molecule has 4 heteroatoms. The summed E-state index contributed by atoms with van der Waals surface area (Å²) in [6.45, 7) is 4.24. The molecule has 2 nitrogen and oxygen atoms in total. The molecule has 14 heavy (non-hydrogen) atoms. The van der Waals surface area contributed by atoms with Gasteiger partial charge in [0.25, 0.3) is 0 Å². The van der Waals surface area contributed by atoms with Crippen molar-refractivity contribution in [2.45, 2.75) is 26.3 Å². The highest BCUT2D eigenvalue weighted by Crippen LogP contribution is 2.25. The molecule has 0 aliphatic carbocycles. The van der Waals surface area contributed by atoms with Crippen LogP contribution < -0.4 is 5.73 Å². The SMILES string of the molecule is CC(C)C[C@H](N)c1ccc(Cl)nc1Cl. The van der Waals surface area contributed by atoms with Gasteiger partial charge in [0.2, 0.25) is 0 Å². The van der Waals surface area contributed by atoms with Gasteiger partial charge in [-0.3, -0.25) is 0 Å². The van der Waals surface area contributed by atoms with Crippen LogP contribution >= 0.6 is 23.2 Å². The van der Waals surface area contributed by atoms with Crippen LogP contribution in [-0.4, -0.2) is 4.98 Å². The van der Waals surface area contributed by atoms with E-state index in [4.69, 9.17) is 28.9 Å². The van der Waals surface area contributed by atoms with Gasteiger partial charge < -0.3 is 5.73 Å². The van der Waals surface area contributed by atoms with Crippen molar-refractivity contribution in [3.63, 3.8) is 0 Å². The maximum atomic E-state index is 5.98. The minimum atomic E-state index is -0.0627. The Balaban J connectivity index is 2.84. The standard InChI is InChI=1S/C10H14Cl2N2/c1-6(2)5-8(13)7-3-4-9(11)14-10(7)12/h3-4,6,8H,5,13H2,1-2H3/t8-/m0/s1. The van der Waals surface area contributed by atoms with Crippen molar-refractivity contribution < 1.29 is 0 Å². The van der Waals surface area contributed by atoms with Gasteiger partial charge in [-0.05, 0) is 18.4 Å². The third-order valence-corrected chi connectivity index (χ3v) is 2.48. The van der Waals surface area contributed by atoms with Crippen LogP contribution in [0, 0.1) is 5.92 Å². The molecule has 0 aromatic carbocycles. The maximum Gasteiger partial charge on any atom is 0.135 e. The van der Waals surface area contributed by atoms with E-state index in [9.17, 15) is 0 Å². The summed E-state index contributed by atoms with van der Waals surface area (Å²) >= 11 is 11.6. The Morgan fingerprint density at radius 2 is 2.00 bits per heavy atom. The first-order chi connectivity index (χ1) is 6.50. The molecule has 0 fully saturated rings. The van der Waals surface area contributed by atoms with Gasteiger partial charge in [-0.15, -0.1) is 0 Å². The topological polar surface area (TPSA) is 38.9 Å². The van der Waals surface area contributed by atoms with Crippen LogP contribution in [0.1, 0.15) is 31.9 Å². The van der Waals surface area contributed by atoms with E-state index in [0.717, 1.165) is 12.0 Å². The smallest absolute Gasteiger partial charge is 0.135 e. The van der Waals surface area contributed by atoms with Crippen LogP contribution in [0.15, 0.2) is 12.1 Å². The van der Waals surface area contributed by atoms with Crippen molar-refractivity contribution in [3.05, 3.63) is 28.0 Å². The van der Waals surface area contributed by atoms with Gasteiger partial charge in [-0.2, -0.15) is 0 Å². The molecule has 1 atom stereocenters. The molecule has 0 radical (unpaired) electrons. The van der Waals surface area contributed by atoms with Crippen molar-refractivity contribution in [2.75, 3.05) is 0 Å². The second kappa shape index (κ2) is 4.96. The van der Waals surface area contributed by atoms with Crippen molar-refractivity contribution in [2.24, 2.45) is 11.7 Å². The third-order valence-electron chi connectivity index (χ3n) is 1.97. The van der Waals surface area contributed by atoms with Crippen molar-refractivity contribution >= 4 is 23.2 Å². The average Bonchev–Trinajstić information content (AvgIpc) is 2.01. The molecule has 1 heterocycles. The first-order valence-electron chi connectivity index (χ1n) is 4.58. The van der Waals surface area contributed by atoms with E-state index in [1.165, 1.54) is 0 Å². The van der Waals surface area contributed by atoms with Crippen LogP contribution in [-0.2, 0) is 0 Å². The van der Waals surface area contributed by atoms with Gasteiger partial charge in [0.15, 0.2) is 0 Å². The lowest BCUT2D eigenvalue weighted by molar-refractivity contribution is 0.509. The Labute approximate surface area is 94.4 Å². The molecular formula is C10H14Cl2N2. The number of aromatic nitrogens is 1. The molecule has 0 saturated carbocycles. The van der Waals surface area contributed by atoms with Crippen molar-refractivity contribution in [1.82, 2.24) is 4.98 Å². The molecule has 0 saturated heterocycles. The average molecular weight is 233 g/mol. The van der Waals surface area contributed by atoms with Crippen LogP contribution in [0.3, 0.4) is 0 Å². The lowest BCUT2D eigenvalue weighted by Gasteiger charge is -2.15. The highest BCUT2D eigenvalue weighted by atomic mass is 35.5. The lowest BCUT2D eigenvalue weighted by Crippen LogP contribution is -2.13. The van der Waals surface area contributed by atoms with E-state index >= 15 is 0 Å². The Hall–Kier alpha value is -0.310. The van der Waals surface area contributed by atoms with Gasteiger partial charge in [-0.25, -0.2) is 4.98 Å². The van der Waals surface area contributed by atoms with Crippen LogP contribution in [0.4, 0.5) is 0 Å². The van der Waals surface area contributed by atoms with Crippen LogP contribution in [0.2, 0.25) is 10.3 Å². The molecule has 1 aromatic rings. The van der Waals surface area contributed by atoms with Gasteiger partial charge in [0.1, 0.15) is 10.3 Å². The summed E-state index contributed by atoms with van der Waals surface area (Å²) in [6, 6.07) is 3.49. The zero-order valence-electron chi connectivity index (χ0n) is 8.30. The van der Waals surface area contributed by atoms with Gasteiger partial charge in [0.05, 0.1) is 0 Å². The van der Waals surface area contributed by atoms with Crippen LogP contribution in [0.25, 0.3) is 0 Å². The molecule has 2 N–H and O–H groups in total. The van der Waals surface area contributed by atoms with E-state index in [0.29, 0.717) is 16.2 Å². The Morgan fingerprint density at radius 3 is 2.50 bits per heavy atom. The molecule has 1 aromatic heterocycles. The Bertz CT molecular complexity index is 313. The number of hydrogen-bond donors (Lipinski definition) is 1. The monoisotopic (exact) mass is 232 g/mol. The molecule has 1 rings (SSSR count). The van der Waals surface area contributed by atoms with E-state index in [-0.39, 0.29) is 6.04 Å².